The van der Waals surface area contributed by atoms with Crippen LogP contribution in [0, 0.1) is 0 Å². The highest BCUT2D eigenvalue weighted by Crippen LogP contribution is 2.42. The van der Waals surface area contributed by atoms with Gasteiger partial charge in [0.1, 0.15) is 0 Å². The Labute approximate surface area is 77.0 Å². The largest absolute Gasteiger partial charge is 0.422 e. The first-order valence-corrected chi connectivity index (χ1v) is 4.48. The van der Waals surface area contributed by atoms with Crippen molar-refractivity contribution in [1.82, 2.24) is 4.98 Å². The summed E-state index contributed by atoms with van der Waals surface area (Å²) in [5.74, 6) is 0. The minimum Gasteiger partial charge on any atom is -0.376 e. The Hall–Kier alpha value is -0.620. The Morgan fingerprint density at radius 2 is 2.15 bits per heavy atom. The quantitative estimate of drug-likeness (QED) is 0.814. The summed E-state index contributed by atoms with van der Waals surface area (Å²) in [5.41, 5.74) is -1.48. The van der Waals surface area contributed by atoms with Gasteiger partial charge in [-0.15, -0.1) is 11.3 Å². The van der Waals surface area contributed by atoms with Gasteiger partial charge in [0.15, 0.2) is 5.60 Å². The van der Waals surface area contributed by atoms with Crippen LogP contribution in [0.5, 0.6) is 0 Å². The van der Waals surface area contributed by atoms with E-state index in [1.54, 1.807) is 0 Å². The predicted molar refractivity (Wildman–Crippen MR) is 42.4 cm³/mol. The normalized spacial score (nSPS) is 17.0. The molecule has 74 valence electrons. The molecular formula is C7H8F3NOS. The van der Waals surface area contributed by atoms with E-state index in [1.807, 2.05) is 0 Å². The van der Waals surface area contributed by atoms with Crippen molar-refractivity contribution in [3.63, 3.8) is 0 Å². The van der Waals surface area contributed by atoms with Gasteiger partial charge >= 0.3 is 6.18 Å². The van der Waals surface area contributed by atoms with Crippen molar-refractivity contribution >= 4 is 11.3 Å². The van der Waals surface area contributed by atoms with Gasteiger partial charge in [0, 0.05) is 6.20 Å². The van der Waals surface area contributed by atoms with Crippen LogP contribution in [-0.4, -0.2) is 16.3 Å². The van der Waals surface area contributed by atoms with Crippen LogP contribution < -0.4 is 0 Å². The Kier molecular flexibility index (Phi) is 2.63. The maximum atomic E-state index is 12.4. The molecule has 0 saturated carbocycles. The van der Waals surface area contributed by atoms with E-state index in [4.69, 9.17) is 0 Å². The number of thiazole rings is 1. The number of aliphatic hydroxyl groups is 1. The summed E-state index contributed by atoms with van der Waals surface area (Å²) in [6.07, 6.45) is -4.01. The lowest BCUT2D eigenvalue weighted by atomic mass is 9.99. The molecule has 0 bridgehead atoms. The second-order valence-corrected chi connectivity index (χ2v) is 3.46. The first kappa shape index (κ1) is 10.5. The molecule has 0 spiro atoms. The first-order chi connectivity index (χ1) is 5.92. The van der Waals surface area contributed by atoms with Gasteiger partial charge in [-0.3, -0.25) is 4.98 Å². The average molecular weight is 211 g/mol. The van der Waals surface area contributed by atoms with Crippen LogP contribution in [0.25, 0.3) is 0 Å². The van der Waals surface area contributed by atoms with Gasteiger partial charge in [-0.25, -0.2) is 0 Å². The summed E-state index contributed by atoms with van der Waals surface area (Å²) in [6.45, 7) is 1.28. The Morgan fingerprint density at radius 3 is 2.46 bits per heavy atom. The van der Waals surface area contributed by atoms with E-state index in [2.05, 4.69) is 4.98 Å². The molecule has 1 aromatic heterocycles. The van der Waals surface area contributed by atoms with E-state index >= 15 is 0 Å². The summed E-state index contributed by atoms with van der Waals surface area (Å²) >= 11 is 0.800. The lowest BCUT2D eigenvalue weighted by molar-refractivity contribution is -0.266. The number of hydrogen-bond donors (Lipinski definition) is 1. The average Bonchev–Trinajstić information content (AvgIpc) is 2.52. The number of hydrogen-bond acceptors (Lipinski definition) is 3. The van der Waals surface area contributed by atoms with Crippen molar-refractivity contribution in [1.29, 1.82) is 0 Å². The molecule has 1 N–H and O–H groups in total. The highest BCUT2D eigenvalue weighted by molar-refractivity contribution is 7.09. The highest BCUT2D eigenvalue weighted by atomic mass is 32.1. The maximum Gasteiger partial charge on any atom is 0.422 e. The zero-order valence-corrected chi connectivity index (χ0v) is 7.61. The second-order valence-electron chi connectivity index (χ2n) is 2.58. The SMILES string of the molecule is CCC(O)(c1cncs1)C(F)(F)F. The minimum absolute atomic E-state index is 0.164. The molecule has 1 heterocycles. The van der Waals surface area contributed by atoms with Crippen LogP contribution in [0.15, 0.2) is 11.7 Å². The molecule has 1 aromatic rings. The standard InChI is InChI=1S/C7H8F3NOS/c1-2-6(12,7(8,9)10)5-3-11-4-13-5/h3-4,12H,2H2,1H3. The first-order valence-electron chi connectivity index (χ1n) is 3.60. The summed E-state index contributed by atoms with van der Waals surface area (Å²) in [4.78, 5) is 3.34. The zero-order valence-electron chi connectivity index (χ0n) is 6.80. The van der Waals surface area contributed by atoms with Gasteiger partial charge in [-0.1, -0.05) is 6.92 Å². The summed E-state index contributed by atoms with van der Waals surface area (Å²) in [6, 6.07) is 0. The third-order valence-electron chi connectivity index (χ3n) is 1.82. The molecule has 0 saturated heterocycles. The van der Waals surface area contributed by atoms with Crippen LogP contribution in [0.3, 0.4) is 0 Å². The molecule has 0 aliphatic carbocycles. The molecule has 0 fully saturated rings. The summed E-state index contributed by atoms with van der Waals surface area (Å²) in [5, 5.41) is 9.36. The molecule has 1 atom stereocenters. The lowest BCUT2D eigenvalue weighted by Crippen LogP contribution is -2.40. The van der Waals surface area contributed by atoms with E-state index in [1.165, 1.54) is 12.4 Å². The van der Waals surface area contributed by atoms with Crippen molar-refractivity contribution in [3.05, 3.63) is 16.6 Å². The molecule has 6 heteroatoms. The van der Waals surface area contributed by atoms with Crippen LogP contribution in [0.2, 0.25) is 0 Å². The van der Waals surface area contributed by atoms with Gasteiger partial charge in [-0.05, 0) is 6.42 Å². The van der Waals surface area contributed by atoms with Gasteiger partial charge < -0.3 is 5.11 Å². The molecule has 0 aliphatic heterocycles. The molecule has 0 radical (unpaired) electrons. The Morgan fingerprint density at radius 1 is 1.54 bits per heavy atom. The Bertz CT molecular complexity index is 272. The zero-order chi connectivity index (χ0) is 10.1. The smallest absolute Gasteiger partial charge is 0.376 e. The number of alkyl halides is 3. The van der Waals surface area contributed by atoms with Crippen LogP contribution in [-0.2, 0) is 5.60 Å². The van der Waals surface area contributed by atoms with Crippen molar-refractivity contribution in [2.75, 3.05) is 0 Å². The van der Waals surface area contributed by atoms with E-state index in [9.17, 15) is 18.3 Å². The fourth-order valence-corrected chi connectivity index (χ4v) is 1.75. The maximum absolute atomic E-state index is 12.4. The van der Waals surface area contributed by atoms with Crippen molar-refractivity contribution in [2.45, 2.75) is 25.1 Å². The fraction of sp³-hybridized carbons (Fsp3) is 0.571. The van der Waals surface area contributed by atoms with Gasteiger partial charge in [0.25, 0.3) is 0 Å². The minimum atomic E-state index is -4.64. The van der Waals surface area contributed by atoms with E-state index < -0.39 is 18.2 Å². The predicted octanol–water partition coefficient (Wildman–Crippen LogP) is 2.30. The molecule has 0 amide bonds. The van der Waals surface area contributed by atoms with Gasteiger partial charge in [-0.2, -0.15) is 13.2 Å². The number of rotatable bonds is 2. The molecule has 0 aromatic carbocycles. The van der Waals surface area contributed by atoms with Gasteiger partial charge in [0.05, 0.1) is 10.4 Å². The molecule has 1 unspecified atom stereocenters. The second kappa shape index (κ2) is 3.26. The monoisotopic (exact) mass is 211 g/mol. The van der Waals surface area contributed by atoms with Crippen molar-refractivity contribution in [2.24, 2.45) is 0 Å². The van der Waals surface area contributed by atoms with E-state index in [0.717, 1.165) is 17.5 Å². The summed E-state index contributed by atoms with van der Waals surface area (Å²) in [7, 11) is 0. The van der Waals surface area contributed by atoms with Crippen molar-refractivity contribution < 1.29 is 18.3 Å². The third-order valence-corrected chi connectivity index (χ3v) is 2.74. The van der Waals surface area contributed by atoms with E-state index in [-0.39, 0.29) is 4.88 Å². The van der Waals surface area contributed by atoms with Crippen LogP contribution >= 0.6 is 11.3 Å². The van der Waals surface area contributed by atoms with Gasteiger partial charge in [0.2, 0.25) is 0 Å². The molecule has 1 rings (SSSR count). The molecule has 0 aliphatic rings. The van der Waals surface area contributed by atoms with Crippen LogP contribution in [0.1, 0.15) is 18.2 Å². The van der Waals surface area contributed by atoms with Crippen molar-refractivity contribution in [3.8, 4) is 0 Å². The van der Waals surface area contributed by atoms with Crippen LogP contribution in [0.4, 0.5) is 13.2 Å². The molecule has 13 heavy (non-hydrogen) atoms. The summed E-state index contributed by atoms with van der Waals surface area (Å²) < 4.78 is 37.2. The fourth-order valence-electron chi connectivity index (χ4n) is 0.934. The highest BCUT2D eigenvalue weighted by Gasteiger charge is 2.54. The van der Waals surface area contributed by atoms with E-state index in [0.29, 0.717) is 0 Å². The number of aromatic nitrogens is 1. The molecule has 2 nitrogen and oxygen atoms in total. The lowest BCUT2D eigenvalue weighted by Gasteiger charge is -2.27. The topological polar surface area (TPSA) is 33.1 Å². The number of nitrogens with zero attached hydrogens (tertiary/aromatic N) is 1. The Balaban J connectivity index is 3.09. The third kappa shape index (κ3) is 1.68. The number of halogens is 3. The molecular weight excluding hydrogens is 203 g/mol.